The van der Waals surface area contributed by atoms with E-state index in [0.29, 0.717) is 27.8 Å². The number of hydrogen-bond acceptors (Lipinski definition) is 2. The molecule has 0 aliphatic heterocycles. The summed E-state index contributed by atoms with van der Waals surface area (Å²) in [6.45, 7) is 2.73. The highest BCUT2D eigenvalue weighted by Gasteiger charge is 2.45. The third-order valence-corrected chi connectivity index (χ3v) is 5.79. The highest BCUT2D eigenvalue weighted by atomic mass is 35.5. The van der Waals surface area contributed by atoms with Gasteiger partial charge >= 0.3 is 0 Å². The number of nitrogens with one attached hydrogen (secondary N) is 2. The molecule has 2 aromatic rings. The number of hydrogen-bond donors (Lipinski definition) is 2. The summed E-state index contributed by atoms with van der Waals surface area (Å²) in [5.41, 5.74) is 1.66. The first kappa shape index (κ1) is 19.7. The fourth-order valence-corrected chi connectivity index (χ4v) is 3.60. The van der Waals surface area contributed by atoms with Crippen LogP contribution in [0.1, 0.15) is 48.5 Å². The van der Waals surface area contributed by atoms with E-state index in [0.717, 1.165) is 31.2 Å². The largest absolute Gasteiger partial charge is 0.355 e. The van der Waals surface area contributed by atoms with Gasteiger partial charge in [0.25, 0.3) is 5.91 Å². The molecule has 0 heterocycles. The van der Waals surface area contributed by atoms with E-state index in [4.69, 9.17) is 23.2 Å². The van der Waals surface area contributed by atoms with E-state index in [1.165, 1.54) is 6.07 Å². The zero-order chi connectivity index (χ0) is 19.4. The van der Waals surface area contributed by atoms with Crippen molar-refractivity contribution in [1.29, 1.82) is 0 Å². The summed E-state index contributed by atoms with van der Waals surface area (Å²) in [6.07, 6.45) is 3.69. The van der Waals surface area contributed by atoms with Crippen molar-refractivity contribution < 1.29 is 9.59 Å². The molecule has 1 saturated carbocycles. The molecule has 0 unspecified atom stereocenters. The minimum absolute atomic E-state index is 0.100. The van der Waals surface area contributed by atoms with E-state index in [2.05, 4.69) is 10.6 Å². The molecular formula is C21H22Cl2N2O2. The van der Waals surface area contributed by atoms with Gasteiger partial charge in [-0.25, -0.2) is 0 Å². The van der Waals surface area contributed by atoms with Gasteiger partial charge in [-0.05, 0) is 55.2 Å². The normalized spacial score (nSPS) is 14.9. The maximum absolute atomic E-state index is 12.6. The molecule has 1 fully saturated rings. The van der Waals surface area contributed by atoms with Crippen molar-refractivity contribution in [3.63, 3.8) is 0 Å². The second-order valence-electron chi connectivity index (χ2n) is 6.85. The van der Waals surface area contributed by atoms with Gasteiger partial charge in [-0.1, -0.05) is 48.7 Å². The van der Waals surface area contributed by atoms with Crippen molar-refractivity contribution >= 4 is 40.7 Å². The highest BCUT2D eigenvalue weighted by Crippen LogP contribution is 2.44. The Morgan fingerprint density at radius 3 is 2.30 bits per heavy atom. The van der Waals surface area contributed by atoms with Gasteiger partial charge in [0, 0.05) is 17.8 Å². The fraction of sp³-hybridized carbons (Fsp3) is 0.333. The third-order valence-electron chi connectivity index (χ3n) is 5.05. The van der Waals surface area contributed by atoms with Crippen molar-refractivity contribution in [3.8, 4) is 0 Å². The first-order valence-corrected chi connectivity index (χ1v) is 9.87. The van der Waals surface area contributed by atoms with Crippen molar-refractivity contribution in [2.75, 3.05) is 11.9 Å². The Hall–Kier alpha value is -2.04. The number of benzene rings is 2. The van der Waals surface area contributed by atoms with Crippen LogP contribution in [0.5, 0.6) is 0 Å². The first-order chi connectivity index (χ1) is 13.0. The van der Waals surface area contributed by atoms with Gasteiger partial charge in [-0.15, -0.1) is 0 Å². The van der Waals surface area contributed by atoms with E-state index in [1.807, 2.05) is 31.2 Å². The van der Waals surface area contributed by atoms with Crippen LogP contribution >= 0.6 is 23.2 Å². The van der Waals surface area contributed by atoms with Crippen LogP contribution in [0.25, 0.3) is 0 Å². The molecule has 1 aliphatic carbocycles. The van der Waals surface area contributed by atoms with Crippen LogP contribution in [0.4, 0.5) is 5.69 Å². The summed E-state index contributed by atoms with van der Waals surface area (Å²) < 4.78 is 0. The first-order valence-electron chi connectivity index (χ1n) is 9.11. The van der Waals surface area contributed by atoms with E-state index >= 15 is 0 Å². The molecule has 2 aromatic carbocycles. The Balaban J connectivity index is 1.72. The molecule has 6 heteroatoms. The quantitative estimate of drug-likeness (QED) is 0.695. The summed E-state index contributed by atoms with van der Waals surface area (Å²) in [5, 5.41) is 6.61. The summed E-state index contributed by atoms with van der Waals surface area (Å²) in [4.78, 5) is 25.0. The molecule has 0 spiro atoms. The molecule has 3 rings (SSSR count). The molecule has 0 radical (unpaired) electrons. The summed E-state index contributed by atoms with van der Waals surface area (Å²) >= 11 is 11.9. The van der Waals surface area contributed by atoms with E-state index in [-0.39, 0.29) is 11.8 Å². The standard InChI is InChI=1S/C21H22Cl2N2O2/c1-2-12-24-20(27)21(10-3-11-21)15-5-7-16(8-6-15)25-19(26)14-4-9-17(22)18(23)13-14/h4-9,13H,2-3,10-12H2,1H3,(H,24,27)(H,25,26). The van der Waals surface area contributed by atoms with Crippen LogP contribution in [0.2, 0.25) is 10.0 Å². The summed E-state index contributed by atoms with van der Waals surface area (Å²) in [6, 6.07) is 12.3. The van der Waals surface area contributed by atoms with Crippen molar-refractivity contribution in [3.05, 3.63) is 63.6 Å². The smallest absolute Gasteiger partial charge is 0.255 e. The van der Waals surface area contributed by atoms with Crippen LogP contribution in [0.3, 0.4) is 0 Å². The number of halogens is 2. The highest BCUT2D eigenvalue weighted by molar-refractivity contribution is 6.42. The van der Waals surface area contributed by atoms with Crippen LogP contribution < -0.4 is 10.6 Å². The lowest BCUT2D eigenvalue weighted by Crippen LogP contribution is -2.49. The molecule has 0 saturated heterocycles. The van der Waals surface area contributed by atoms with Gasteiger partial charge < -0.3 is 10.6 Å². The lowest BCUT2D eigenvalue weighted by Gasteiger charge is -2.40. The lowest BCUT2D eigenvalue weighted by molar-refractivity contribution is -0.129. The number of rotatable bonds is 6. The van der Waals surface area contributed by atoms with E-state index in [1.54, 1.807) is 12.1 Å². The zero-order valence-corrected chi connectivity index (χ0v) is 16.7. The predicted octanol–water partition coefficient (Wildman–Crippen LogP) is 5.19. The van der Waals surface area contributed by atoms with Crippen molar-refractivity contribution in [2.45, 2.75) is 38.0 Å². The summed E-state index contributed by atoms with van der Waals surface area (Å²) in [5.74, 6) is -0.163. The molecule has 4 nitrogen and oxygen atoms in total. The summed E-state index contributed by atoms with van der Waals surface area (Å²) in [7, 11) is 0. The predicted molar refractivity (Wildman–Crippen MR) is 110 cm³/mol. The van der Waals surface area contributed by atoms with E-state index < -0.39 is 5.41 Å². The Bertz CT molecular complexity index is 846. The van der Waals surface area contributed by atoms with Crippen LogP contribution in [0, 0.1) is 0 Å². The van der Waals surface area contributed by atoms with Crippen molar-refractivity contribution in [1.82, 2.24) is 5.32 Å². The molecule has 1 aliphatic rings. The number of carbonyl (C=O) groups excluding carboxylic acids is 2. The van der Waals surface area contributed by atoms with Gasteiger partial charge in [-0.3, -0.25) is 9.59 Å². The number of amides is 2. The third kappa shape index (κ3) is 4.12. The topological polar surface area (TPSA) is 58.2 Å². The average molecular weight is 405 g/mol. The molecule has 0 atom stereocenters. The molecule has 142 valence electrons. The Morgan fingerprint density at radius 1 is 1.04 bits per heavy atom. The molecule has 0 aromatic heterocycles. The molecule has 2 amide bonds. The Kier molecular flexibility index (Phi) is 6.08. The van der Waals surface area contributed by atoms with Gasteiger partial charge in [0.15, 0.2) is 0 Å². The molecule has 2 N–H and O–H groups in total. The maximum atomic E-state index is 12.6. The second-order valence-corrected chi connectivity index (χ2v) is 7.67. The SMILES string of the molecule is CCCNC(=O)C1(c2ccc(NC(=O)c3ccc(Cl)c(Cl)c3)cc2)CCC1. The van der Waals surface area contributed by atoms with Crippen molar-refractivity contribution in [2.24, 2.45) is 0 Å². The molecule has 0 bridgehead atoms. The zero-order valence-electron chi connectivity index (χ0n) is 15.1. The van der Waals surface area contributed by atoms with Crippen LogP contribution in [0.15, 0.2) is 42.5 Å². The lowest BCUT2D eigenvalue weighted by atomic mass is 9.64. The second kappa shape index (κ2) is 8.32. The minimum Gasteiger partial charge on any atom is -0.355 e. The number of anilines is 1. The monoisotopic (exact) mass is 404 g/mol. The fourth-order valence-electron chi connectivity index (χ4n) is 3.30. The van der Waals surface area contributed by atoms with Crippen LogP contribution in [-0.4, -0.2) is 18.4 Å². The van der Waals surface area contributed by atoms with Gasteiger partial charge in [0.2, 0.25) is 5.91 Å². The molecule has 27 heavy (non-hydrogen) atoms. The van der Waals surface area contributed by atoms with E-state index in [9.17, 15) is 9.59 Å². The van der Waals surface area contributed by atoms with Gasteiger partial charge in [0.1, 0.15) is 0 Å². The minimum atomic E-state index is -0.429. The number of carbonyl (C=O) groups is 2. The van der Waals surface area contributed by atoms with Crippen LogP contribution in [-0.2, 0) is 10.2 Å². The molecular weight excluding hydrogens is 383 g/mol. The maximum Gasteiger partial charge on any atom is 0.255 e. The average Bonchev–Trinajstić information content (AvgIpc) is 2.62. The van der Waals surface area contributed by atoms with Gasteiger partial charge in [-0.2, -0.15) is 0 Å². The Labute approximate surface area is 169 Å². The Morgan fingerprint density at radius 2 is 1.74 bits per heavy atom. The van der Waals surface area contributed by atoms with Gasteiger partial charge in [0.05, 0.1) is 15.5 Å².